The summed E-state index contributed by atoms with van der Waals surface area (Å²) in [6.45, 7) is 3.65. The van der Waals surface area contributed by atoms with Gasteiger partial charge < -0.3 is 9.88 Å². The van der Waals surface area contributed by atoms with Crippen LogP contribution in [0.4, 0.5) is 0 Å². The molecule has 1 atom stereocenters. The number of nitrogens with one attached hydrogen (secondary N) is 2. The zero-order valence-corrected chi connectivity index (χ0v) is 12.3. The zero-order valence-electron chi connectivity index (χ0n) is 12.3. The monoisotopic (exact) mass is 287 g/mol. The molecule has 6 nitrogen and oxygen atoms in total. The van der Waals surface area contributed by atoms with E-state index in [-0.39, 0.29) is 5.91 Å². The van der Waals surface area contributed by atoms with Crippen molar-refractivity contribution >= 4 is 5.91 Å². The molecule has 1 fully saturated rings. The molecule has 21 heavy (non-hydrogen) atoms. The SMILES string of the molecule is Cc1cc(C2CCCN(C(=O)CCc3cnc[nH]3)C2)n[nH]1. The fraction of sp³-hybridized carbons (Fsp3) is 0.533. The van der Waals surface area contributed by atoms with E-state index in [0.29, 0.717) is 12.3 Å². The van der Waals surface area contributed by atoms with Gasteiger partial charge in [0.1, 0.15) is 0 Å². The Balaban J connectivity index is 1.56. The summed E-state index contributed by atoms with van der Waals surface area (Å²) < 4.78 is 0. The van der Waals surface area contributed by atoms with Crippen LogP contribution < -0.4 is 0 Å². The molecule has 0 spiro atoms. The van der Waals surface area contributed by atoms with Gasteiger partial charge in [-0.3, -0.25) is 9.89 Å². The van der Waals surface area contributed by atoms with Crippen LogP contribution in [-0.4, -0.2) is 44.1 Å². The van der Waals surface area contributed by atoms with Crippen molar-refractivity contribution in [2.75, 3.05) is 13.1 Å². The van der Waals surface area contributed by atoms with Crippen LogP contribution in [-0.2, 0) is 11.2 Å². The number of rotatable bonds is 4. The minimum Gasteiger partial charge on any atom is -0.348 e. The molecule has 1 saturated heterocycles. The first-order valence-corrected chi connectivity index (χ1v) is 7.49. The summed E-state index contributed by atoms with van der Waals surface area (Å²) in [5.41, 5.74) is 3.17. The molecule has 1 aliphatic rings. The van der Waals surface area contributed by atoms with E-state index in [0.717, 1.165) is 49.4 Å². The minimum absolute atomic E-state index is 0.224. The Morgan fingerprint density at radius 2 is 2.43 bits per heavy atom. The average Bonchev–Trinajstić information content (AvgIpc) is 3.16. The Labute approximate surface area is 124 Å². The Morgan fingerprint density at radius 3 is 3.14 bits per heavy atom. The summed E-state index contributed by atoms with van der Waals surface area (Å²) in [6.07, 6.45) is 6.84. The number of imidazole rings is 1. The highest BCUT2D eigenvalue weighted by molar-refractivity contribution is 5.76. The Bertz CT molecular complexity index is 589. The third-order valence-electron chi connectivity index (χ3n) is 4.08. The number of aromatic nitrogens is 4. The summed E-state index contributed by atoms with van der Waals surface area (Å²) in [4.78, 5) is 21.3. The van der Waals surface area contributed by atoms with Gasteiger partial charge in [0.15, 0.2) is 0 Å². The summed E-state index contributed by atoms with van der Waals surface area (Å²) in [7, 11) is 0. The van der Waals surface area contributed by atoms with E-state index in [2.05, 4.69) is 26.2 Å². The fourth-order valence-corrected chi connectivity index (χ4v) is 2.91. The highest BCUT2D eigenvalue weighted by Gasteiger charge is 2.25. The van der Waals surface area contributed by atoms with E-state index in [9.17, 15) is 4.79 Å². The molecule has 0 bridgehead atoms. The predicted octanol–water partition coefficient (Wildman–Crippen LogP) is 1.78. The number of nitrogens with zero attached hydrogens (tertiary/aromatic N) is 3. The van der Waals surface area contributed by atoms with Gasteiger partial charge in [-0.25, -0.2) is 4.98 Å². The van der Waals surface area contributed by atoms with Crippen LogP contribution in [0.1, 0.15) is 42.3 Å². The van der Waals surface area contributed by atoms with Gasteiger partial charge in [0.05, 0.1) is 12.0 Å². The number of carbonyl (C=O) groups is 1. The lowest BCUT2D eigenvalue weighted by Gasteiger charge is -2.32. The van der Waals surface area contributed by atoms with Crippen LogP contribution >= 0.6 is 0 Å². The van der Waals surface area contributed by atoms with E-state index in [1.807, 2.05) is 11.8 Å². The third kappa shape index (κ3) is 3.32. The van der Waals surface area contributed by atoms with Crippen molar-refractivity contribution < 1.29 is 4.79 Å². The van der Waals surface area contributed by atoms with E-state index >= 15 is 0 Å². The lowest BCUT2D eigenvalue weighted by molar-refractivity contribution is -0.132. The maximum absolute atomic E-state index is 12.3. The average molecular weight is 287 g/mol. The zero-order chi connectivity index (χ0) is 14.7. The number of H-pyrrole nitrogens is 2. The van der Waals surface area contributed by atoms with Crippen molar-refractivity contribution in [2.45, 2.75) is 38.5 Å². The summed E-state index contributed by atoms with van der Waals surface area (Å²) in [5, 5.41) is 7.33. The number of piperidine rings is 1. The van der Waals surface area contributed by atoms with Gasteiger partial charge in [-0.15, -0.1) is 0 Å². The summed E-state index contributed by atoms with van der Waals surface area (Å²) in [5.74, 6) is 0.585. The van der Waals surface area contributed by atoms with Crippen molar-refractivity contribution in [3.63, 3.8) is 0 Å². The summed E-state index contributed by atoms with van der Waals surface area (Å²) >= 11 is 0. The number of hydrogen-bond acceptors (Lipinski definition) is 3. The number of aromatic amines is 2. The lowest BCUT2D eigenvalue weighted by Crippen LogP contribution is -2.39. The van der Waals surface area contributed by atoms with Crippen molar-refractivity contribution in [2.24, 2.45) is 0 Å². The van der Waals surface area contributed by atoms with Crippen molar-refractivity contribution in [3.05, 3.63) is 35.7 Å². The molecule has 1 aliphatic heterocycles. The molecular formula is C15H21N5O. The maximum Gasteiger partial charge on any atom is 0.222 e. The molecule has 0 aromatic carbocycles. The smallest absolute Gasteiger partial charge is 0.222 e. The van der Waals surface area contributed by atoms with Gasteiger partial charge >= 0.3 is 0 Å². The molecule has 1 unspecified atom stereocenters. The molecular weight excluding hydrogens is 266 g/mol. The van der Waals surface area contributed by atoms with Gasteiger partial charge in [-0.05, 0) is 32.3 Å². The van der Waals surface area contributed by atoms with Crippen LogP contribution in [0.15, 0.2) is 18.6 Å². The molecule has 0 radical (unpaired) electrons. The molecule has 2 aromatic heterocycles. The Hall–Kier alpha value is -2.11. The highest BCUT2D eigenvalue weighted by atomic mass is 16.2. The van der Waals surface area contributed by atoms with Gasteiger partial charge in [-0.2, -0.15) is 5.10 Å². The topological polar surface area (TPSA) is 77.7 Å². The van der Waals surface area contributed by atoms with Gasteiger partial charge in [0.2, 0.25) is 5.91 Å². The lowest BCUT2D eigenvalue weighted by atomic mass is 9.94. The van der Waals surface area contributed by atoms with Crippen LogP contribution in [0.25, 0.3) is 0 Å². The third-order valence-corrected chi connectivity index (χ3v) is 4.08. The molecule has 2 N–H and O–H groups in total. The maximum atomic E-state index is 12.3. The van der Waals surface area contributed by atoms with E-state index in [1.54, 1.807) is 12.5 Å². The normalized spacial score (nSPS) is 18.9. The molecule has 6 heteroatoms. The first kappa shape index (κ1) is 13.9. The number of hydrogen-bond donors (Lipinski definition) is 2. The van der Waals surface area contributed by atoms with E-state index in [1.165, 1.54) is 0 Å². The van der Waals surface area contributed by atoms with Gasteiger partial charge in [0.25, 0.3) is 0 Å². The van der Waals surface area contributed by atoms with Crippen molar-refractivity contribution in [1.82, 2.24) is 25.1 Å². The molecule has 1 amide bonds. The van der Waals surface area contributed by atoms with Crippen molar-refractivity contribution in [1.29, 1.82) is 0 Å². The second-order valence-corrected chi connectivity index (χ2v) is 5.73. The number of carbonyl (C=O) groups excluding carboxylic acids is 1. The second kappa shape index (κ2) is 6.11. The van der Waals surface area contributed by atoms with Crippen LogP contribution in [0.2, 0.25) is 0 Å². The number of amides is 1. The first-order valence-electron chi connectivity index (χ1n) is 7.49. The highest BCUT2D eigenvalue weighted by Crippen LogP contribution is 2.26. The molecule has 3 heterocycles. The van der Waals surface area contributed by atoms with Crippen molar-refractivity contribution in [3.8, 4) is 0 Å². The molecule has 0 aliphatic carbocycles. The second-order valence-electron chi connectivity index (χ2n) is 5.73. The minimum atomic E-state index is 0.224. The van der Waals surface area contributed by atoms with Gasteiger partial charge in [-0.1, -0.05) is 0 Å². The number of aryl methyl sites for hydroxylation is 2. The largest absolute Gasteiger partial charge is 0.348 e. The van der Waals surface area contributed by atoms with Crippen LogP contribution in [0.3, 0.4) is 0 Å². The van der Waals surface area contributed by atoms with E-state index in [4.69, 9.17) is 0 Å². The number of likely N-dealkylation sites (tertiary alicyclic amines) is 1. The quantitative estimate of drug-likeness (QED) is 0.899. The van der Waals surface area contributed by atoms with Crippen LogP contribution in [0, 0.1) is 6.92 Å². The van der Waals surface area contributed by atoms with Crippen LogP contribution in [0.5, 0.6) is 0 Å². The Kier molecular flexibility index (Phi) is 4.03. The molecule has 3 rings (SSSR count). The molecule has 0 saturated carbocycles. The molecule has 2 aromatic rings. The van der Waals surface area contributed by atoms with E-state index < -0.39 is 0 Å². The standard InChI is InChI=1S/C15H21N5O/c1-11-7-14(19-18-11)12-3-2-6-20(9-12)15(21)5-4-13-8-16-10-17-13/h7-8,10,12H,2-6,9H2,1H3,(H,16,17)(H,18,19). The van der Waals surface area contributed by atoms with Gasteiger partial charge in [0, 0.05) is 43.0 Å². The fourth-order valence-electron chi connectivity index (χ4n) is 2.91. The summed E-state index contributed by atoms with van der Waals surface area (Å²) in [6, 6.07) is 2.09. The predicted molar refractivity (Wildman–Crippen MR) is 78.8 cm³/mol. The molecule has 112 valence electrons. The first-order chi connectivity index (χ1) is 10.2. The Morgan fingerprint density at radius 1 is 1.52 bits per heavy atom.